The van der Waals surface area contributed by atoms with E-state index in [1.54, 1.807) is 19.4 Å². The first-order chi connectivity index (χ1) is 9.26. The Labute approximate surface area is 115 Å². The molecular weight excluding hydrogens is 240 g/mol. The minimum Gasteiger partial charge on any atom is -0.497 e. The SMILES string of the molecule is CCCCCC(O)/C=C\OCc1ccc(OC)cc1. The van der Waals surface area contributed by atoms with Gasteiger partial charge in [0.1, 0.15) is 12.4 Å². The van der Waals surface area contributed by atoms with E-state index in [1.807, 2.05) is 24.3 Å². The number of hydrogen-bond acceptors (Lipinski definition) is 3. The van der Waals surface area contributed by atoms with Crippen molar-refractivity contribution >= 4 is 0 Å². The van der Waals surface area contributed by atoms with Crippen molar-refractivity contribution in [3.63, 3.8) is 0 Å². The molecule has 1 atom stereocenters. The van der Waals surface area contributed by atoms with Crippen LogP contribution in [0.5, 0.6) is 5.75 Å². The van der Waals surface area contributed by atoms with E-state index in [4.69, 9.17) is 9.47 Å². The average Bonchev–Trinajstić information content (AvgIpc) is 2.44. The van der Waals surface area contributed by atoms with Crippen LogP contribution in [0.1, 0.15) is 38.2 Å². The number of benzene rings is 1. The predicted molar refractivity (Wildman–Crippen MR) is 77.1 cm³/mol. The van der Waals surface area contributed by atoms with E-state index >= 15 is 0 Å². The van der Waals surface area contributed by atoms with E-state index in [2.05, 4.69) is 6.92 Å². The first-order valence-electron chi connectivity index (χ1n) is 6.85. The number of ether oxygens (including phenoxy) is 2. The van der Waals surface area contributed by atoms with Crippen LogP contribution in [0.25, 0.3) is 0 Å². The summed E-state index contributed by atoms with van der Waals surface area (Å²) in [4.78, 5) is 0. The molecule has 0 aliphatic rings. The molecular formula is C16H24O3. The molecule has 1 rings (SSSR count). The third-order valence-corrected chi connectivity index (χ3v) is 2.91. The van der Waals surface area contributed by atoms with Gasteiger partial charge < -0.3 is 14.6 Å². The van der Waals surface area contributed by atoms with Crippen molar-refractivity contribution in [1.82, 2.24) is 0 Å². The van der Waals surface area contributed by atoms with Crippen LogP contribution in [0.15, 0.2) is 36.6 Å². The quantitative estimate of drug-likeness (QED) is 0.546. The summed E-state index contributed by atoms with van der Waals surface area (Å²) in [7, 11) is 1.65. The third kappa shape index (κ3) is 6.87. The monoisotopic (exact) mass is 264 g/mol. The first-order valence-corrected chi connectivity index (χ1v) is 6.85. The van der Waals surface area contributed by atoms with Gasteiger partial charge in [0.2, 0.25) is 0 Å². The van der Waals surface area contributed by atoms with Gasteiger partial charge in [-0.2, -0.15) is 0 Å². The highest BCUT2D eigenvalue weighted by atomic mass is 16.5. The number of methoxy groups -OCH3 is 1. The molecule has 3 heteroatoms. The molecule has 1 N–H and O–H groups in total. The fourth-order valence-corrected chi connectivity index (χ4v) is 1.71. The normalized spacial score (nSPS) is 12.6. The highest BCUT2D eigenvalue weighted by molar-refractivity contribution is 5.26. The number of aliphatic hydroxyl groups is 1. The van der Waals surface area contributed by atoms with E-state index in [0.717, 1.165) is 30.6 Å². The Morgan fingerprint density at radius 2 is 1.95 bits per heavy atom. The maximum atomic E-state index is 9.66. The zero-order chi connectivity index (χ0) is 13.9. The van der Waals surface area contributed by atoms with Gasteiger partial charge >= 0.3 is 0 Å². The van der Waals surface area contributed by atoms with E-state index in [1.165, 1.54) is 6.42 Å². The second-order valence-electron chi connectivity index (χ2n) is 4.55. The van der Waals surface area contributed by atoms with Gasteiger partial charge in [0, 0.05) is 0 Å². The van der Waals surface area contributed by atoms with Gasteiger partial charge in [0.15, 0.2) is 0 Å². The maximum Gasteiger partial charge on any atom is 0.118 e. The second kappa shape index (κ2) is 9.45. The van der Waals surface area contributed by atoms with Crippen molar-refractivity contribution in [2.24, 2.45) is 0 Å². The molecule has 0 aliphatic heterocycles. The Bertz CT molecular complexity index is 357. The summed E-state index contributed by atoms with van der Waals surface area (Å²) < 4.78 is 10.5. The Morgan fingerprint density at radius 1 is 1.21 bits per heavy atom. The molecule has 0 amide bonds. The summed E-state index contributed by atoms with van der Waals surface area (Å²) >= 11 is 0. The minimum absolute atomic E-state index is 0.401. The van der Waals surface area contributed by atoms with Crippen LogP contribution in [0.2, 0.25) is 0 Å². The van der Waals surface area contributed by atoms with Crippen LogP contribution in [0.4, 0.5) is 0 Å². The lowest BCUT2D eigenvalue weighted by molar-refractivity contribution is 0.192. The van der Waals surface area contributed by atoms with Crippen molar-refractivity contribution in [2.75, 3.05) is 7.11 Å². The van der Waals surface area contributed by atoms with Crippen LogP contribution in [0, 0.1) is 0 Å². The molecule has 1 aromatic rings. The summed E-state index contributed by atoms with van der Waals surface area (Å²) in [6.45, 7) is 2.66. The zero-order valence-corrected chi connectivity index (χ0v) is 11.8. The molecule has 3 nitrogen and oxygen atoms in total. The Hall–Kier alpha value is -1.48. The highest BCUT2D eigenvalue weighted by Gasteiger charge is 1.98. The zero-order valence-electron chi connectivity index (χ0n) is 11.8. The van der Waals surface area contributed by atoms with Gasteiger partial charge in [-0.25, -0.2) is 0 Å². The van der Waals surface area contributed by atoms with Gasteiger partial charge in [0.05, 0.1) is 19.5 Å². The number of hydrogen-bond donors (Lipinski definition) is 1. The maximum absolute atomic E-state index is 9.66. The molecule has 0 saturated heterocycles. The Morgan fingerprint density at radius 3 is 2.58 bits per heavy atom. The summed E-state index contributed by atoms with van der Waals surface area (Å²) in [5.41, 5.74) is 1.07. The predicted octanol–water partition coefficient (Wildman–Crippen LogP) is 3.67. The van der Waals surface area contributed by atoms with Crippen molar-refractivity contribution < 1.29 is 14.6 Å². The lowest BCUT2D eigenvalue weighted by Crippen LogP contribution is -2.01. The summed E-state index contributed by atoms with van der Waals surface area (Å²) in [5, 5.41) is 9.66. The number of unbranched alkanes of at least 4 members (excludes halogenated alkanes) is 2. The highest BCUT2D eigenvalue weighted by Crippen LogP contribution is 2.12. The van der Waals surface area contributed by atoms with Gasteiger partial charge in [-0.05, 0) is 30.2 Å². The average molecular weight is 264 g/mol. The largest absolute Gasteiger partial charge is 0.497 e. The molecule has 0 aromatic heterocycles. The van der Waals surface area contributed by atoms with Crippen molar-refractivity contribution in [3.05, 3.63) is 42.2 Å². The number of aliphatic hydroxyl groups excluding tert-OH is 1. The first kappa shape index (κ1) is 15.6. The molecule has 0 fully saturated rings. The van der Waals surface area contributed by atoms with Crippen LogP contribution in [0.3, 0.4) is 0 Å². The molecule has 0 aliphatic carbocycles. The van der Waals surface area contributed by atoms with Crippen LogP contribution < -0.4 is 4.74 Å². The standard InChI is InChI=1S/C16H24O3/c1-3-4-5-6-15(17)11-12-19-13-14-7-9-16(18-2)10-8-14/h7-12,15,17H,3-6,13H2,1-2H3/b12-11-. The lowest BCUT2D eigenvalue weighted by Gasteiger charge is -2.06. The smallest absolute Gasteiger partial charge is 0.118 e. The van der Waals surface area contributed by atoms with Crippen LogP contribution in [-0.4, -0.2) is 18.3 Å². The topological polar surface area (TPSA) is 38.7 Å². The van der Waals surface area contributed by atoms with Gasteiger partial charge in [-0.15, -0.1) is 0 Å². The van der Waals surface area contributed by atoms with Gasteiger partial charge in [0.25, 0.3) is 0 Å². The fraction of sp³-hybridized carbons (Fsp3) is 0.500. The Kier molecular flexibility index (Phi) is 7.75. The summed E-state index contributed by atoms with van der Waals surface area (Å²) in [5.74, 6) is 0.839. The second-order valence-corrected chi connectivity index (χ2v) is 4.55. The molecule has 1 aromatic carbocycles. The fourth-order valence-electron chi connectivity index (χ4n) is 1.71. The van der Waals surface area contributed by atoms with Crippen molar-refractivity contribution in [2.45, 2.75) is 45.3 Å². The number of rotatable bonds is 9. The third-order valence-electron chi connectivity index (χ3n) is 2.91. The minimum atomic E-state index is -0.401. The molecule has 106 valence electrons. The molecule has 0 heterocycles. The van der Waals surface area contributed by atoms with Crippen LogP contribution >= 0.6 is 0 Å². The van der Waals surface area contributed by atoms with Crippen LogP contribution in [-0.2, 0) is 11.3 Å². The summed E-state index contributed by atoms with van der Waals surface area (Å²) in [6.07, 6.45) is 7.08. The molecule has 19 heavy (non-hydrogen) atoms. The molecule has 0 saturated carbocycles. The van der Waals surface area contributed by atoms with E-state index in [-0.39, 0.29) is 0 Å². The lowest BCUT2D eigenvalue weighted by atomic mass is 10.1. The van der Waals surface area contributed by atoms with Crippen molar-refractivity contribution in [1.29, 1.82) is 0 Å². The van der Waals surface area contributed by atoms with Crippen molar-refractivity contribution in [3.8, 4) is 5.75 Å². The van der Waals surface area contributed by atoms with Gasteiger partial charge in [-0.3, -0.25) is 0 Å². The van der Waals surface area contributed by atoms with E-state index < -0.39 is 6.10 Å². The van der Waals surface area contributed by atoms with E-state index in [9.17, 15) is 5.11 Å². The summed E-state index contributed by atoms with van der Waals surface area (Å²) in [6, 6.07) is 7.73. The molecule has 0 spiro atoms. The van der Waals surface area contributed by atoms with E-state index in [0.29, 0.717) is 6.61 Å². The molecule has 0 bridgehead atoms. The van der Waals surface area contributed by atoms with Gasteiger partial charge in [-0.1, -0.05) is 38.3 Å². The molecule has 0 radical (unpaired) electrons. The molecule has 1 unspecified atom stereocenters. The Balaban J connectivity index is 2.21.